The third kappa shape index (κ3) is 5.52. The molecule has 0 radical (unpaired) electrons. The topological polar surface area (TPSA) is 17.3 Å². The van der Waals surface area contributed by atoms with Gasteiger partial charge in [-0.05, 0) is 37.2 Å². The molecule has 1 aliphatic rings. The number of likely N-dealkylation sites (tertiary alicyclic amines) is 1. The number of unbranched alkanes of at least 4 members (excludes halogenated alkanes) is 1. The van der Waals surface area contributed by atoms with Crippen molar-refractivity contribution < 1.29 is 4.90 Å². The number of quaternary nitrogens is 1. The third-order valence-electron chi connectivity index (χ3n) is 4.34. The first-order valence-corrected chi connectivity index (χ1v) is 8.47. The molecule has 1 aromatic heterocycles. The van der Waals surface area contributed by atoms with E-state index in [0.29, 0.717) is 6.04 Å². The first-order chi connectivity index (χ1) is 10.3. The van der Waals surface area contributed by atoms with Crippen molar-refractivity contribution in [3.05, 3.63) is 30.1 Å². The second-order valence-electron chi connectivity index (χ2n) is 6.56. The number of hydrogen-bond acceptors (Lipinski definition) is 1. The van der Waals surface area contributed by atoms with Gasteiger partial charge < -0.3 is 4.90 Å². The Hall–Kier alpha value is -1.33. The van der Waals surface area contributed by atoms with E-state index in [1.165, 1.54) is 44.2 Å². The van der Waals surface area contributed by atoms with Crippen LogP contribution >= 0.6 is 0 Å². The predicted molar refractivity (Wildman–Crippen MR) is 88.0 cm³/mol. The third-order valence-corrected chi connectivity index (χ3v) is 4.34. The van der Waals surface area contributed by atoms with E-state index in [1.807, 2.05) is 12.4 Å². The van der Waals surface area contributed by atoms with E-state index in [-0.39, 0.29) is 0 Å². The second-order valence-corrected chi connectivity index (χ2v) is 6.56. The summed E-state index contributed by atoms with van der Waals surface area (Å²) in [6.07, 6.45) is 11.4. The monoisotopic (exact) mass is 285 g/mol. The van der Waals surface area contributed by atoms with Gasteiger partial charge in [-0.3, -0.25) is 4.98 Å². The van der Waals surface area contributed by atoms with Crippen LogP contribution in [0.15, 0.2) is 24.5 Å². The van der Waals surface area contributed by atoms with Crippen LogP contribution in [0.1, 0.15) is 64.0 Å². The minimum atomic E-state index is 0.595. The summed E-state index contributed by atoms with van der Waals surface area (Å²) in [6.45, 7) is 6.80. The smallest absolute Gasteiger partial charge is 0.139 e. The molecule has 114 valence electrons. The fourth-order valence-electron chi connectivity index (χ4n) is 3.14. The van der Waals surface area contributed by atoms with Gasteiger partial charge >= 0.3 is 0 Å². The molecular formula is C19H29N2+. The van der Waals surface area contributed by atoms with Crippen molar-refractivity contribution >= 4 is 0 Å². The van der Waals surface area contributed by atoms with Gasteiger partial charge in [0.25, 0.3) is 0 Å². The Morgan fingerprint density at radius 3 is 3.00 bits per heavy atom. The van der Waals surface area contributed by atoms with Crippen LogP contribution in [-0.2, 0) is 0 Å². The van der Waals surface area contributed by atoms with Gasteiger partial charge in [-0.25, -0.2) is 0 Å². The number of pyridine rings is 1. The van der Waals surface area contributed by atoms with Crippen molar-refractivity contribution in [2.75, 3.05) is 13.1 Å². The molecule has 0 bridgehead atoms. The van der Waals surface area contributed by atoms with E-state index in [9.17, 15) is 0 Å². The van der Waals surface area contributed by atoms with Crippen LogP contribution in [0.3, 0.4) is 0 Å². The van der Waals surface area contributed by atoms with Crippen molar-refractivity contribution in [3.63, 3.8) is 0 Å². The summed E-state index contributed by atoms with van der Waals surface area (Å²) in [7, 11) is 0. The molecule has 0 spiro atoms. The molecule has 1 saturated heterocycles. The molecule has 1 aromatic rings. The van der Waals surface area contributed by atoms with Crippen LogP contribution < -0.4 is 4.90 Å². The summed E-state index contributed by atoms with van der Waals surface area (Å²) in [6, 6.07) is 4.87. The van der Waals surface area contributed by atoms with Crippen LogP contribution in [0.5, 0.6) is 0 Å². The lowest BCUT2D eigenvalue weighted by Crippen LogP contribution is -3.13. The lowest BCUT2D eigenvalue weighted by molar-refractivity contribution is -0.930. The van der Waals surface area contributed by atoms with E-state index >= 15 is 0 Å². The van der Waals surface area contributed by atoms with Crippen LogP contribution in [0.2, 0.25) is 0 Å². The van der Waals surface area contributed by atoms with Gasteiger partial charge in [0.1, 0.15) is 12.6 Å². The summed E-state index contributed by atoms with van der Waals surface area (Å²) in [4.78, 5) is 5.91. The maximum Gasteiger partial charge on any atom is 0.139 e. The minimum absolute atomic E-state index is 0.595. The van der Waals surface area contributed by atoms with Crippen molar-refractivity contribution in [3.8, 4) is 11.8 Å². The molecule has 21 heavy (non-hydrogen) atoms. The zero-order valence-corrected chi connectivity index (χ0v) is 13.6. The van der Waals surface area contributed by atoms with Crippen molar-refractivity contribution in [2.24, 2.45) is 5.92 Å². The number of nitrogens with zero attached hydrogens (tertiary/aromatic N) is 1. The molecule has 1 unspecified atom stereocenters. The Labute approximate surface area is 130 Å². The quantitative estimate of drug-likeness (QED) is 0.650. The molecule has 2 heteroatoms. The SMILES string of the molecule is CC(C)CCCC#CC[NH+]1CCCC[C@H]1c1cccnc1. The average molecular weight is 285 g/mol. The van der Waals surface area contributed by atoms with E-state index in [0.717, 1.165) is 18.9 Å². The standard InChI is InChI=1S/C19H28N2/c1-17(2)10-5-3-4-7-14-21-15-8-6-12-19(21)18-11-9-13-20-16-18/h9,11,13,16-17,19H,3,5-6,8,10,12,14-15H2,1-2H3/p+1/t19-/m0/s1. The van der Waals surface area contributed by atoms with Gasteiger partial charge in [-0.15, -0.1) is 0 Å². The summed E-state index contributed by atoms with van der Waals surface area (Å²) >= 11 is 0. The fraction of sp³-hybridized carbons (Fsp3) is 0.632. The van der Waals surface area contributed by atoms with Crippen molar-refractivity contribution in [2.45, 2.75) is 58.4 Å². The van der Waals surface area contributed by atoms with Crippen LogP contribution in [0.25, 0.3) is 0 Å². The molecule has 0 amide bonds. The highest BCUT2D eigenvalue weighted by atomic mass is 15.2. The molecule has 1 fully saturated rings. The van der Waals surface area contributed by atoms with E-state index < -0.39 is 0 Å². The molecule has 1 aliphatic heterocycles. The largest absolute Gasteiger partial charge is 0.319 e. The summed E-state index contributed by atoms with van der Waals surface area (Å²) in [5.41, 5.74) is 1.38. The van der Waals surface area contributed by atoms with E-state index in [1.54, 1.807) is 4.90 Å². The van der Waals surface area contributed by atoms with Gasteiger partial charge in [0.15, 0.2) is 0 Å². The zero-order chi connectivity index (χ0) is 14.9. The Kier molecular flexibility index (Phi) is 6.76. The molecule has 0 aromatic carbocycles. The van der Waals surface area contributed by atoms with Gasteiger partial charge in [0.2, 0.25) is 0 Å². The van der Waals surface area contributed by atoms with Crippen LogP contribution in [0.4, 0.5) is 0 Å². The minimum Gasteiger partial charge on any atom is -0.319 e. The summed E-state index contributed by atoms with van der Waals surface area (Å²) in [5.74, 6) is 7.60. The number of nitrogens with one attached hydrogen (secondary N) is 1. The Morgan fingerprint density at radius 2 is 2.24 bits per heavy atom. The highest BCUT2D eigenvalue weighted by Gasteiger charge is 2.26. The highest BCUT2D eigenvalue weighted by molar-refractivity contribution is 5.12. The molecule has 2 rings (SSSR count). The van der Waals surface area contributed by atoms with Gasteiger partial charge in [-0.2, -0.15) is 0 Å². The lowest BCUT2D eigenvalue weighted by Gasteiger charge is -2.31. The molecule has 2 atom stereocenters. The molecule has 2 heterocycles. The fourth-order valence-corrected chi connectivity index (χ4v) is 3.14. The average Bonchev–Trinajstić information content (AvgIpc) is 2.52. The maximum atomic E-state index is 4.28. The molecule has 2 nitrogen and oxygen atoms in total. The van der Waals surface area contributed by atoms with Crippen LogP contribution in [-0.4, -0.2) is 18.1 Å². The zero-order valence-electron chi connectivity index (χ0n) is 13.6. The first-order valence-electron chi connectivity index (χ1n) is 8.47. The van der Waals surface area contributed by atoms with E-state index in [4.69, 9.17) is 0 Å². The normalized spacial score (nSPS) is 21.9. The molecule has 0 saturated carbocycles. The van der Waals surface area contributed by atoms with Gasteiger partial charge in [0, 0.05) is 30.8 Å². The van der Waals surface area contributed by atoms with Gasteiger partial charge in [-0.1, -0.05) is 32.3 Å². The first kappa shape index (κ1) is 16.0. The Morgan fingerprint density at radius 1 is 1.33 bits per heavy atom. The number of rotatable bonds is 5. The molecule has 0 aliphatic carbocycles. The van der Waals surface area contributed by atoms with Gasteiger partial charge in [0.05, 0.1) is 6.54 Å². The highest BCUT2D eigenvalue weighted by Crippen LogP contribution is 2.18. The van der Waals surface area contributed by atoms with E-state index in [2.05, 4.69) is 42.8 Å². The second kappa shape index (κ2) is 8.85. The molecule has 1 N–H and O–H groups in total. The molecular weight excluding hydrogens is 256 g/mol. The lowest BCUT2D eigenvalue weighted by atomic mass is 9.96. The number of aromatic nitrogens is 1. The van der Waals surface area contributed by atoms with Crippen LogP contribution in [0, 0.1) is 17.8 Å². The summed E-state index contributed by atoms with van der Waals surface area (Å²) < 4.78 is 0. The number of hydrogen-bond donors (Lipinski definition) is 1. The predicted octanol–water partition coefficient (Wildman–Crippen LogP) is 3.02. The summed E-state index contributed by atoms with van der Waals surface area (Å²) in [5, 5.41) is 0. The van der Waals surface area contributed by atoms with Crippen molar-refractivity contribution in [1.82, 2.24) is 4.98 Å². The Bertz CT molecular complexity index is 455. The Balaban J connectivity index is 1.84. The van der Waals surface area contributed by atoms with Crippen molar-refractivity contribution in [1.29, 1.82) is 0 Å². The maximum absolute atomic E-state index is 4.28. The number of piperidine rings is 1.